The molecule has 1 aliphatic rings. The van der Waals surface area contributed by atoms with Crippen molar-refractivity contribution in [1.82, 2.24) is 0 Å². The average Bonchev–Trinajstić information content (AvgIpc) is 2.28. The molecule has 2 rings (SSSR count). The average molecular weight is 147 g/mol. The molecule has 2 nitrogen and oxygen atoms in total. The Morgan fingerprint density at radius 1 is 1.36 bits per heavy atom. The Bertz CT molecular complexity index is 279. The van der Waals surface area contributed by atoms with E-state index in [-0.39, 0.29) is 0 Å². The van der Waals surface area contributed by atoms with Crippen molar-refractivity contribution in [3.63, 3.8) is 0 Å². The molecule has 0 aliphatic carbocycles. The number of hydrogen-bond acceptors (Lipinski definition) is 2. The lowest BCUT2D eigenvalue weighted by Crippen LogP contribution is -1.90. The monoisotopic (exact) mass is 147 g/mol. The minimum atomic E-state index is 0.560. The van der Waals surface area contributed by atoms with E-state index >= 15 is 0 Å². The fraction of sp³-hybridized carbons (Fsp3) is 0.111. The molecule has 2 heteroatoms. The van der Waals surface area contributed by atoms with E-state index in [0.29, 0.717) is 6.61 Å². The van der Waals surface area contributed by atoms with Crippen LogP contribution in [0.25, 0.3) is 0 Å². The first-order valence-corrected chi connectivity index (χ1v) is 3.41. The Labute approximate surface area is 65.1 Å². The number of benzene rings is 1. The van der Waals surface area contributed by atoms with Crippen LogP contribution in [0.5, 0.6) is 11.5 Å². The smallest absolute Gasteiger partial charge is 0.168 e. The molecule has 1 heterocycles. The SMILES string of the molecule is [c]1ccc2c(c1)OCC=CO2. The predicted octanol–water partition coefficient (Wildman–Crippen LogP) is 1.77. The van der Waals surface area contributed by atoms with E-state index in [9.17, 15) is 0 Å². The molecule has 0 bridgehead atoms. The van der Waals surface area contributed by atoms with Gasteiger partial charge in [0.25, 0.3) is 0 Å². The molecule has 11 heavy (non-hydrogen) atoms. The maximum atomic E-state index is 5.31. The first-order valence-electron chi connectivity index (χ1n) is 3.41. The van der Waals surface area contributed by atoms with Crippen molar-refractivity contribution >= 4 is 0 Å². The lowest BCUT2D eigenvalue weighted by molar-refractivity contribution is 0.356. The fourth-order valence-corrected chi connectivity index (χ4v) is 0.910. The summed E-state index contributed by atoms with van der Waals surface area (Å²) in [7, 11) is 0. The van der Waals surface area contributed by atoms with Gasteiger partial charge in [0, 0.05) is 0 Å². The van der Waals surface area contributed by atoms with E-state index in [4.69, 9.17) is 9.47 Å². The topological polar surface area (TPSA) is 18.5 Å². The van der Waals surface area contributed by atoms with Gasteiger partial charge < -0.3 is 9.47 Å². The van der Waals surface area contributed by atoms with Crippen molar-refractivity contribution in [1.29, 1.82) is 0 Å². The second kappa shape index (κ2) is 2.66. The third-order valence-corrected chi connectivity index (χ3v) is 1.41. The van der Waals surface area contributed by atoms with Gasteiger partial charge in [-0.1, -0.05) is 6.07 Å². The van der Waals surface area contributed by atoms with Crippen LogP contribution in [0.2, 0.25) is 0 Å². The minimum Gasteiger partial charge on any atom is -0.485 e. The molecule has 0 amide bonds. The van der Waals surface area contributed by atoms with Crippen LogP contribution in [0.1, 0.15) is 0 Å². The van der Waals surface area contributed by atoms with Gasteiger partial charge in [-0.2, -0.15) is 0 Å². The Balaban J connectivity index is 2.40. The fourth-order valence-electron chi connectivity index (χ4n) is 0.910. The highest BCUT2D eigenvalue weighted by Gasteiger charge is 2.03. The highest BCUT2D eigenvalue weighted by Crippen LogP contribution is 2.27. The van der Waals surface area contributed by atoms with E-state index in [1.54, 1.807) is 18.4 Å². The van der Waals surface area contributed by atoms with Gasteiger partial charge in [-0.3, -0.25) is 0 Å². The third-order valence-electron chi connectivity index (χ3n) is 1.41. The van der Waals surface area contributed by atoms with Crippen LogP contribution in [0.4, 0.5) is 0 Å². The minimum absolute atomic E-state index is 0.560. The van der Waals surface area contributed by atoms with Crippen molar-refractivity contribution < 1.29 is 9.47 Å². The highest BCUT2D eigenvalue weighted by atomic mass is 16.5. The Morgan fingerprint density at radius 3 is 3.36 bits per heavy atom. The van der Waals surface area contributed by atoms with Crippen molar-refractivity contribution in [2.24, 2.45) is 0 Å². The van der Waals surface area contributed by atoms with Gasteiger partial charge in [0.05, 0.1) is 6.26 Å². The lowest BCUT2D eigenvalue weighted by Gasteiger charge is -2.03. The molecule has 0 spiro atoms. The van der Waals surface area contributed by atoms with Crippen LogP contribution in [-0.4, -0.2) is 6.61 Å². The molecular weight excluding hydrogens is 140 g/mol. The first kappa shape index (κ1) is 6.28. The van der Waals surface area contributed by atoms with E-state index in [1.165, 1.54) is 0 Å². The summed E-state index contributed by atoms with van der Waals surface area (Å²) >= 11 is 0. The van der Waals surface area contributed by atoms with Gasteiger partial charge in [-0.25, -0.2) is 0 Å². The van der Waals surface area contributed by atoms with Gasteiger partial charge in [-0.05, 0) is 24.3 Å². The summed E-state index contributed by atoms with van der Waals surface area (Å²) < 4.78 is 10.5. The molecule has 1 aromatic rings. The second-order valence-electron chi connectivity index (χ2n) is 2.17. The van der Waals surface area contributed by atoms with Gasteiger partial charge in [-0.15, -0.1) is 0 Å². The highest BCUT2D eigenvalue weighted by molar-refractivity contribution is 5.40. The molecule has 1 radical (unpaired) electrons. The molecule has 0 saturated heterocycles. The molecule has 0 N–H and O–H groups in total. The summed E-state index contributed by atoms with van der Waals surface area (Å²) in [6.45, 7) is 0.560. The maximum absolute atomic E-state index is 5.31. The lowest BCUT2D eigenvalue weighted by atomic mass is 10.3. The van der Waals surface area contributed by atoms with Crippen molar-refractivity contribution in [3.8, 4) is 11.5 Å². The third kappa shape index (κ3) is 1.19. The number of hydrogen-bond donors (Lipinski definition) is 0. The van der Waals surface area contributed by atoms with Gasteiger partial charge >= 0.3 is 0 Å². The Hall–Kier alpha value is -1.44. The predicted molar refractivity (Wildman–Crippen MR) is 40.5 cm³/mol. The summed E-state index contributed by atoms with van der Waals surface area (Å²) in [5, 5.41) is 0. The summed E-state index contributed by atoms with van der Waals surface area (Å²) in [5.41, 5.74) is 0. The van der Waals surface area contributed by atoms with E-state index in [2.05, 4.69) is 6.07 Å². The van der Waals surface area contributed by atoms with Crippen molar-refractivity contribution in [2.75, 3.05) is 6.61 Å². The second-order valence-corrected chi connectivity index (χ2v) is 2.17. The number of rotatable bonds is 0. The summed E-state index contributed by atoms with van der Waals surface area (Å²) in [6, 6.07) is 8.30. The van der Waals surface area contributed by atoms with E-state index in [1.807, 2.05) is 12.1 Å². The van der Waals surface area contributed by atoms with Crippen LogP contribution in [-0.2, 0) is 0 Å². The number of fused-ring (bicyclic) bond motifs is 1. The molecule has 0 fully saturated rings. The number of ether oxygens (including phenoxy) is 2. The maximum Gasteiger partial charge on any atom is 0.168 e. The quantitative estimate of drug-likeness (QED) is 0.556. The van der Waals surface area contributed by atoms with Crippen LogP contribution >= 0.6 is 0 Å². The molecule has 55 valence electrons. The van der Waals surface area contributed by atoms with Gasteiger partial charge in [0.1, 0.15) is 6.61 Å². The zero-order valence-electron chi connectivity index (χ0n) is 5.91. The molecule has 0 saturated carbocycles. The van der Waals surface area contributed by atoms with Crippen molar-refractivity contribution in [3.05, 3.63) is 36.6 Å². The van der Waals surface area contributed by atoms with E-state index < -0.39 is 0 Å². The standard InChI is InChI=1S/C9H7O2/c1-2-5-9-8(4-1)10-6-3-7-11-9/h1,3-6H,7H2. The van der Waals surface area contributed by atoms with Crippen LogP contribution in [0, 0.1) is 6.07 Å². The van der Waals surface area contributed by atoms with Crippen molar-refractivity contribution in [2.45, 2.75) is 0 Å². The molecule has 0 aromatic heterocycles. The molecular formula is C9H7O2. The Morgan fingerprint density at radius 2 is 2.36 bits per heavy atom. The van der Waals surface area contributed by atoms with Crippen LogP contribution in [0.3, 0.4) is 0 Å². The van der Waals surface area contributed by atoms with Gasteiger partial charge in [0.2, 0.25) is 0 Å². The van der Waals surface area contributed by atoms with E-state index in [0.717, 1.165) is 11.5 Å². The molecule has 0 atom stereocenters. The van der Waals surface area contributed by atoms with Crippen LogP contribution in [0.15, 0.2) is 30.5 Å². The molecule has 1 aromatic carbocycles. The Kier molecular flexibility index (Phi) is 1.52. The zero-order valence-corrected chi connectivity index (χ0v) is 5.91. The summed E-state index contributed by atoms with van der Waals surface area (Å²) in [5.74, 6) is 1.50. The van der Waals surface area contributed by atoms with Crippen LogP contribution < -0.4 is 9.47 Å². The first-order chi connectivity index (χ1) is 5.47. The largest absolute Gasteiger partial charge is 0.485 e. The molecule has 1 aliphatic heterocycles. The molecule has 0 unspecified atom stereocenters. The van der Waals surface area contributed by atoms with Gasteiger partial charge in [0.15, 0.2) is 11.5 Å². The zero-order chi connectivity index (χ0) is 7.52. The normalized spacial score (nSPS) is 14.2. The summed E-state index contributed by atoms with van der Waals surface area (Å²) in [6.07, 6.45) is 3.45. The summed E-state index contributed by atoms with van der Waals surface area (Å²) in [4.78, 5) is 0.